The normalized spacial score (nSPS) is 15.3. The highest BCUT2D eigenvalue weighted by Gasteiger charge is 2.31. The molecular weight excluding hydrogens is 411 g/mol. The Morgan fingerprint density at radius 3 is 2.27 bits per heavy atom. The number of halogens is 1. The van der Waals surface area contributed by atoms with Gasteiger partial charge in [0.15, 0.2) is 0 Å². The highest BCUT2D eigenvalue weighted by atomic mass is 19.1. The molecule has 1 aliphatic carbocycles. The number of benzene rings is 3. The predicted molar refractivity (Wildman–Crippen MR) is 135 cm³/mol. The van der Waals surface area contributed by atoms with Gasteiger partial charge < -0.3 is 9.80 Å². The van der Waals surface area contributed by atoms with Gasteiger partial charge in [0.25, 0.3) is 0 Å². The van der Waals surface area contributed by atoms with Crippen molar-refractivity contribution in [1.29, 1.82) is 0 Å². The van der Waals surface area contributed by atoms with E-state index in [1.807, 2.05) is 37.2 Å². The van der Waals surface area contributed by atoms with Gasteiger partial charge in [-0.1, -0.05) is 44.2 Å². The fourth-order valence-electron chi connectivity index (χ4n) is 4.63. The number of anilines is 2. The summed E-state index contributed by atoms with van der Waals surface area (Å²) in [6.45, 7) is 4.81. The van der Waals surface area contributed by atoms with Crippen molar-refractivity contribution in [3.8, 4) is 0 Å². The van der Waals surface area contributed by atoms with E-state index in [1.165, 1.54) is 11.6 Å². The van der Waals surface area contributed by atoms with E-state index >= 15 is 0 Å². The Kier molecular flexibility index (Phi) is 6.83. The van der Waals surface area contributed by atoms with E-state index < -0.39 is 0 Å². The molecule has 1 aliphatic rings. The molecule has 4 rings (SSSR count). The van der Waals surface area contributed by atoms with Gasteiger partial charge in [-0.3, -0.25) is 4.79 Å². The summed E-state index contributed by atoms with van der Waals surface area (Å²) in [5.74, 6) is -0.138. The van der Waals surface area contributed by atoms with Crippen molar-refractivity contribution in [3.63, 3.8) is 0 Å². The molecule has 0 aromatic heterocycles. The Balaban J connectivity index is 1.69. The lowest BCUT2D eigenvalue weighted by molar-refractivity contribution is -0.120. The minimum absolute atomic E-state index is 0.0375. The summed E-state index contributed by atoms with van der Waals surface area (Å²) >= 11 is 0. The topological polar surface area (TPSA) is 23.6 Å². The number of rotatable bonds is 6. The van der Waals surface area contributed by atoms with Crippen LogP contribution < -0.4 is 9.80 Å². The highest BCUT2D eigenvalue weighted by Crippen LogP contribution is 2.35. The summed E-state index contributed by atoms with van der Waals surface area (Å²) in [5.41, 5.74) is 6.24. The standard InChI is InChI=1S/C29H33FN2O/c1-20(2)22-11-16-26(17-12-22)32(19-21-8-14-25(15-9-21)31(3)4)29(33)27-7-5-6-23-10-13-24(30)18-28(23)27/h8-18,20,27H,5-7,19H2,1-4H3. The number of carbonyl (C=O) groups is 1. The molecule has 3 nitrogen and oxygen atoms in total. The molecule has 1 atom stereocenters. The Labute approximate surface area is 196 Å². The van der Waals surface area contributed by atoms with Crippen LogP contribution in [0, 0.1) is 5.82 Å². The van der Waals surface area contributed by atoms with Crippen molar-refractivity contribution in [3.05, 3.63) is 94.8 Å². The Hall–Kier alpha value is -3.14. The van der Waals surface area contributed by atoms with Crippen LogP contribution in [0.15, 0.2) is 66.7 Å². The maximum atomic E-state index is 14.1. The molecule has 3 aromatic rings. The molecule has 0 heterocycles. The quantitative estimate of drug-likeness (QED) is 0.424. The first-order chi connectivity index (χ1) is 15.8. The van der Waals surface area contributed by atoms with Crippen LogP contribution in [0.1, 0.15) is 60.8 Å². The number of aryl methyl sites for hydroxylation is 1. The largest absolute Gasteiger partial charge is 0.378 e. The Bertz CT molecular complexity index is 1100. The Morgan fingerprint density at radius 1 is 0.970 bits per heavy atom. The smallest absolute Gasteiger partial charge is 0.234 e. The zero-order valence-corrected chi connectivity index (χ0v) is 20.0. The molecule has 0 fully saturated rings. The van der Waals surface area contributed by atoms with E-state index in [9.17, 15) is 9.18 Å². The molecule has 0 bridgehead atoms. The van der Waals surface area contributed by atoms with Gasteiger partial charge in [0.2, 0.25) is 5.91 Å². The van der Waals surface area contributed by atoms with Crippen molar-refractivity contribution < 1.29 is 9.18 Å². The molecule has 0 saturated heterocycles. The number of hydrogen-bond donors (Lipinski definition) is 0. The van der Waals surface area contributed by atoms with E-state index in [0.29, 0.717) is 12.5 Å². The lowest BCUT2D eigenvalue weighted by Gasteiger charge is -2.31. The molecule has 33 heavy (non-hydrogen) atoms. The van der Waals surface area contributed by atoms with Gasteiger partial charge in [-0.15, -0.1) is 0 Å². The van der Waals surface area contributed by atoms with Crippen LogP contribution in [0.3, 0.4) is 0 Å². The summed E-state index contributed by atoms with van der Waals surface area (Å²) in [6, 6.07) is 21.5. The van der Waals surface area contributed by atoms with Crippen LogP contribution in [0.4, 0.5) is 15.8 Å². The molecule has 0 saturated carbocycles. The second kappa shape index (κ2) is 9.78. The van der Waals surface area contributed by atoms with Crippen LogP contribution in [0.2, 0.25) is 0 Å². The highest BCUT2D eigenvalue weighted by molar-refractivity contribution is 5.98. The van der Waals surface area contributed by atoms with Crippen molar-refractivity contribution in [2.45, 2.75) is 51.5 Å². The van der Waals surface area contributed by atoms with Crippen LogP contribution >= 0.6 is 0 Å². The molecule has 0 radical (unpaired) electrons. The third kappa shape index (κ3) is 5.11. The lowest BCUT2D eigenvalue weighted by atomic mass is 9.81. The van der Waals surface area contributed by atoms with Crippen LogP contribution in [-0.2, 0) is 17.8 Å². The van der Waals surface area contributed by atoms with E-state index in [4.69, 9.17) is 0 Å². The first-order valence-corrected chi connectivity index (χ1v) is 11.8. The van der Waals surface area contributed by atoms with Gasteiger partial charge in [0, 0.05) is 25.5 Å². The number of nitrogens with zero attached hydrogens (tertiary/aromatic N) is 2. The first-order valence-electron chi connectivity index (χ1n) is 11.8. The third-order valence-corrected chi connectivity index (χ3v) is 6.65. The SMILES string of the molecule is CC(C)c1ccc(N(Cc2ccc(N(C)C)cc2)C(=O)C2CCCc3ccc(F)cc32)cc1. The average molecular weight is 445 g/mol. The maximum absolute atomic E-state index is 14.1. The van der Waals surface area contributed by atoms with E-state index in [1.54, 1.807) is 6.07 Å². The number of fused-ring (bicyclic) bond motifs is 1. The summed E-state index contributed by atoms with van der Waals surface area (Å²) < 4.78 is 14.1. The van der Waals surface area contributed by atoms with Crippen LogP contribution in [0.5, 0.6) is 0 Å². The minimum atomic E-state index is -0.324. The fourth-order valence-corrected chi connectivity index (χ4v) is 4.63. The average Bonchev–Trinajstić information content (AvgIpc) is 2.82. The minimum Gasteiger partial charge on any atom is -0.378 e. The fraction of sp³-hybridized carbons (Fsp3) is 0.345. The zero-order chi connectivity index (χ0) is 23.5. The van der Waals surface area contributed by atoms with Gasteiger partial charge in [-0.25, -0.2) is 4.39 Å². The second-order valence-electron chi connectivity index (χ2n) is 9.52. The molecule has 172 valence electrons. The summed E-state index contributed by atoms with van der Waals surface area (Å²) in [5, 5.41) is 0. The predicted octanol–water partition coefficient (Wildman–Crippen LogP) is 6.67. The van der Waals surface area contributed by atoms with Gasteiger partial charge in [0.1, 0.15) is 5.82 Å². The second-order valence-corrected chi connectivity index (χ2v) is 9.52. The first kappa shape index (κ1) is 23.0. The third-order valence-electron chi connectivity index (χ3n) is 6.65. The molecule has 4 heteroatoms. The van der Waals surface area contributed by atoms with Crippen LogP contribution in [-0.4, -0.2) is 20.0 Å². The van der Waals surface area contributed by atoms with Gasteiger partial charge in [-0.05, 0) is 83.8 Å². The van der Waals surface area contributed by atoms with E-state index in [2.05, 4.69) is 55.1 Å². The maximum Gasteiger partial charge on any atom is 0.234 e. The van der Waals surface area contributed by atoms with E-state index in [0.717, 1.165) is 47.3 Å². The number of amides is 1. The molecule has 0 spiro atoms. The van der Waals surface area contributed by atoms with Gasteiger partial charge in [-0.2, -0.15) is 0 Å². The zero-order valence-electron chi connectivity index (χ0n) is 20.0. The van der Waals surface area contributed by atoms with Gasteiger partial charge in [0.05, 0.1) is 12.5 Å². The Morgan fingerprint density at radius 2 is 1.64 bits per heavy atom. The summed E-state index contributed by atoms with van der Waals surface area (Å²) in [4.78, 5) is 17.9. The summed E-state index contributed by atoms with van der Waals surface area (Å²) in [6.07, 6.45) is 2.58. The number of hydrogen-bond acceptors (Lipinski definition) is 2. The number of carbonyl (C=O) groups excluding carboxylic acids is 1. The molecule has 0 aliphatic heterocycles. The van der Waals surface area contributed by atoms with Crippen molar-refractivity contribution in [2.24, 2.45) is 0 Å². The van der Waals surface area contributed by atoms with E-state index in [-0.39, 0.29) is 17.6 Å². The van der Waals surface area contributed by atoms with Crippen molar-refractivity contribution in [1.82, 2.24) is 0 Å². The monoisotopic (exact) mass is 444 g/mol. The van der Waals surface area contributed by atoms with Crippen molar-refractivity contribution in [2.75, 3.05) is 23.9 Å². The molecule has 0 N–H and O–H groups in total. The van der Waals surface area contributed by atoms with Gasteiger partial charge >= 0.3 is 0 Å². The van der Waals surface area contributed by atoms with Crippen LogP contribution in [0.25, 0.3) is 0 Å². The molecule has 1 unspecified atom stereocenters. The lowest BCUT2D eigenvalue weighted by Crippen LogP contribution is -2.36. The summed E-state index contributed by atoms with van der Waals surface area (Å²) in [7, 11) is 4.03. The molecule has 3 aromatic carbocycles. The van der Waals surface area contributed by atoms with Crippen molar-refractivity contribution >= 4 is 17.3 Å². The molecular formula is C29H33FN2O. The molecule has 1 amide bonds.